The number of rotatable bonds is 5. The second kappa shape index (κ2) is 5.75. The number of nitrogens with zero attached hydrogens (tertiary/aromatic N) is 1. The fraction of sp³-hybridized carbons (Fsp3) is 0.700. The maximum Gasteiger partial charge on any atom is 0.319 e. The highest BCUT2D eigenvalue weighted by atomic mass is 16.5. The summed E-state index contributed by atoms with van der Waals surface area (Å²) >= 11 is 0. The van der Waals surface area contributed by atoms with Crippen molar-refractivity contribution in [3.63, 3.8) is 0 Å². The van der Waals surface area contributed by atoms with Crippen molar-refractivity contribution in [2.24, 2.45) is 0 Å². The van der Waals surface area contributed by atoms with Gasteiger partial charge in [0.2, 0.25) is 0 Å². The second-order valence-electron chi connectivity index (χ2n) is 3.32. The number of methoxy groups -OCH3 is 1. The first-order valence-corrected chi connectivity index (χ1v) is 4.48. The van der Waals surface area contributed by atoms with E-state index in [2.05, 4.69) is 11.3 Å². The predicted octanol–water partition coefficient (Wildman–Crippen LogP) is 1.44. The van der Waals surface area contributed by atoms with E-state index >= 15 is 0 Å². The number of ether oxygens (including phenoxy) is 1. The summed E-state index contributed by atoms with van der Waals surface area (Å²) in [6.45, 7) is 10.1. The number of hydrogen-bond acceptors (Lipinski definition) is 3. The van der Waals surface area contributed by atoms with Gasteiger partial charge in [-0.15, -0.1) is 6.58 Å². The maximum absolute atomic E-state index is 11.0. The lowest BCUT2D eigenvalue weighted by Gasteiger charge is -2.29. The van der Waals surface area contributed by atoms with Crippen molar-refractivity contribution in [3.8, 4) is 0 Å². The highest BCUT2D eigenvalue weighted by Gasteiger charge is 2.17. The molecule has 0 aliphatic rings. The molecule has 3 nitrogen and oxygen atoms in total. The standard InChI is InChI=1S/C10H19NO2/c1-6-9(4)11(8(2)3)7-10(12)13-5/h6,8-9H,1,7H2,2-5H3. The molecule has 3 heteroatoms. The number of carbonyl (C=O) groups is 1. The average Bonchev–Trinajstić information content (AvgIpc) is 2.11. The highest BCUT2D eigenvalue weighted by Crippen LogP contribution is 2.05. The van der Waals surface area contributed by atoms with Crippen LogP contribution in [0.4, 0.5) is 0 Å². The van der Waals surface area contributed by atoms with Gasteiger partial charge in [0.25, 0.3) is 0 Å². The third-order valence-corrected chi connectivity index (χ3v) is 2.07. The van der Waals surface area contributed by atoms with E-state index in [1.165, 1.54) is 7.11 Å². The molecule has 0 aromatic rings. The molecule has 0 bridgehead atoms. The minimum Gasteiger partial charge on any atom is -0.468 e. The van der Waals surface area contributed by atoms with Crippen LogP contribution >= 0.6 is 0 Å². The molecular weight excluding hydrogens is 166 g/mol. The predicted molar refractivity (Wildman–Crippen MR) is 53.5 cm³/mol. The molecule has 76 valence electrons. The summed E-state index contributed by atoms with van der Waals surface area (Å²) in [5, 5.41) is 0. The minimum absolute atomic E-state index is 0.194. The third-order valence-electron chi connectivity index (χ3n) is 2.07. The molecule has 0 saturated heterocycles. The molecule has 0 heterocycles. The van der Waals surface area contributed by atoms with E-state index in [1.807, 2.05) is 31.7 Å². The Balaban J connectivity index is 4.25. The molecule has 13 heavy (non-hydrogen) atoms. The summed E-state index contributed by atoms with van der Waals surface area (Å²) in [5.41, 5.74) is 0. The van der Waals surface area contributed by atoms with Crippen molar-refractivity contribution >= 4 is 5.97 Å². The van der Waals surface area contributed by atoms with Crippen LogP contribution in [0, 0.1) is 0 Å². The number of esters is 1. The number of carbonyl (C=O) groups excluding carboxylic acids is 1. The Morgan fingerprint density at radius 1 is 1.54 bits per heavy atom. The van der Waals surface area contributed by atoms with Crippen molar-refractivity contribution in [3.05, 3.63) is 12.7 Å². The van der Waals surface area contributed by atoms with Crippen LogP contribution in [-0.2, 0) is 9.53 Å². The zero-order valence-electron chi connectivity index (χ0n) is 8.91. The van der Waals surface area contributed by atoms with Crippen LogP contribution in [0.25, 0.3) is 0 Å². The van der Waals surface area contributed by atoms with Gasteiger partial charge in [0.15, 0.2) is 0 Å². The maximum atomic E-state index is 11.0. The SMILES string of the molecule is C=CC(C)N(CC(=O)OC)C(C)C. The number of hydrogen-bond donors (Lipinski definition) is 0. The molecule has 0 fully saturated rings. The molecule has 0 radical (unpaired) electrons. The minimum atomic E-state index is -0.206. The Hall–Kier alpha value is -0.830. The molecular formula is C10H19NO2. The Kier molecular flexibility index (Phi) is 5.39. The fourth-order valence-electron chi connectivity index (χ4n) is 1.15. The molecule has 0 N–H and O–H groups in total. The molecule has 0 aliphatic carbocycles. The normalized spacial score (nSPS) is 13.1. The molecule has 0 aliphatic heterocycles. The van der Waals surface area contributed by atoms with Crippen LogP contribution in [0.15, 0.2) is 12.7 Å². The van der Waals surface area contributed by atoms with Crippen LogP contribution < -0.4 is 0 Å². The van der Waals surface area contributed by atoms with Gasteiger partial charge in [0.1, 0.15) is 0 Å². The van der Waals surface area contributed by atoms with Crippen LogP contribution in [0.3, 0.4) is 0 Å². The fourth-order valence-corrected chi connectivity index (χ4v) is 1.15. The summed E-state index contributed by atoms with van der Waals surface area (Å²) in [6, 6.07) is 0.506. The zero-order valence-corrected chi connectivity index (χ0v) is 8.91. The molecule has 0 rings (SSSR count). The smallest absolute Gasteiger partial charge is 0.319 e. The lowest BCUT2D eigenvalue weighted by atomic mass is 10.2. The monoisotopic (exact) mass is 185 g/mol. The van der Waals surface area contributed by atoms with E-state index in [-0.39, 0.29) is 12.0 Å². The largest absolute Gasteiger partial charge is 0.468 e. The van der Waals surface area contributed by atoms with Gasteiger partial charge in [-0.3, -0.25) is 9.69 Å². The van der Waals surface area contributed by atoms with Crippen molar-refractivity contribution in [2.45, 2.75) is 32.9 Å². The van der Waals surface area contributed by atoms with Gasteiger partial charge in [0, 0.05) is 12.1 Å². The van der Waals surface area contributed by atoms with E-state index in [1.54, 1.807) is 0 Å². The zero-order chi connectivity index (χ0) is 10.4. The van der Waals surface area contributed by atoms with Crippen molar-refractivity contribution in [2.75, 3.05) is 13.7 Å². The van der Waals surface area contributed by atoms with Gasteiger partial charge in [-0.05, 0) is 20.8 Å². The molecule has 0 spiro atoms. The van der Waals surface area contributed by atoms with E-state index in [9.17, 15) is 4.79 Å². The summed E-state index contributed by atoms with van der Waals surface area (Å²) in [6.07, 6.45) is 1.82. The molecule has 1 atom stereocenters. The third kappa shape index (κ3) is 4.08. The van der Waals surface area contributed by atoms with E-state index < -0.39 is 0 Å². The van der Waals surface area contributed by atoms with E-state index in [4.69, 9.17) is 0 Å². The van der Waals surface area contributed by atoms with E-state index in [0.717, 1.165) is 0 Å². The van der Waals surface area contributed by atoms with Gasteiger partial charge < -0.3 is 4.74 Å². The first-order chi connectivity index (χ1) is 6.02. The molecule has 0 aromatic carbocycles. The lowest BCUT2D eigenvalue weighted by molar-refractivity contribution is -0.142. The molecule has 0 amide bonds. The van der Waals surface area contributed by atoms with E-state index in [0.29, 0.717) is 12.6 Å². The summed E-state index contributed by atoms with van der Waals surface area (Å²) in [4.78, 5) is 13.1. The van der Waals surface area contributed by atoms with Crippen LogP contribution in [-0.4, -0.2) is 36.6 Å². The summed E-state index contributed by atoms with van der Waals surface area (Å²) in [7, 11) is 1.40. The lowest BCUT2D eigenvalue weighted by Crippen LogP contribution is -2.41. The van der Waals surface area contributed by atoms with Gasteiger partial charge in [0.05, 0.1) is 13.7 Å². The second-order valence-corrected chi connectivity index (χ2v) is 3.32. The first kappa shape index (κ1) is 12.2. The van der Waals surface area contributed by atoms with Gasteiger partial charge >= 0.3 is 5.97 Å². The Morgan fingerprint density at radius 2 is 2.08 bits per heavy atom. The van der Waals surface area contributed by atoms with Crippen molar-refractivity contribution in [1.29, 1.82) is 0 Å². The molecule has 0 saturated carbocycles. The summed E-state index contributed by atoms with van der Waals surface area (Å²) < 4.78 is 4.61. The average molecular weight is 185 g/mol. The topological polar surface area (TPSA) is 29.5 Å². The highest BCUT2D eigenvalue weighted by molar-refractivity contribution is 5.71. The first-order valence-electron chi connectivity index (χ1n) is 4.48. The van der Waals surface area contributed by atoms with Gasteiger partial charge in [-0.2, -0.15) is 0 Å². The van der Waals surface area contributed by atoms with Crippen LogP contribution in [0.1, 0.15) is 20.8 Å². The van der Waals surface area contributed by atoms with Gasteiger partial charge in [-0.1, -0.05) is 6.08 Å². The Bertz CT molecular complexity index is 178. The quantitative estimate of drug-likeness (QED) is 0.479. The molecule has 0 aromatic heterocycles. The van der Waals surface area contributed by atoms with Crippen molar-refractivity contribution in [1.82, 2.24) is 4.90 Å². The van der Waals surface area contributed by atoms with Crippen molar-refractivity contribution < 1.29 is 9.53 Å². The van der Waals surface area contributed by atoms with Crippen LogP contribution in [0.2, 0.25) is 0 Å². The Morgan fingerprint density at radius 3 is 2.38 bits per heavy atom. The van der Waals surface area contributed by atoms with Gasteiger partial charge in [-0.25, -0.2) is 0 Å². The molecule has 1 unspecified atom stereocenters. The Labute approximate surface area is 80.4 Å². The summed E-state index contributed by atoms with van der Waals surface area (Å²) in [5.74, 6) is -0.206. The van der Waals surface area contributed by atoms with Crippen LogP contribution in [0.5, 0.6) is 0 Å².